The van der Waals surface area contributed by atoms with E-state index >= 15 is 0 Å². The number of ether oxygens (including phenoxy) is 1. The van der Waals surface area contributed by atoms with Crippen LogP contribution in [0.15, 0.2) is 0 Å². The van der Waals surface area contributed by atoms with E-state index in [-0.39, 0.29) is 18.1 Å². The summed E-state index contributed by atoms with van der Waals surface area (Å²) < 4.78 is 5.64. The molecular weight excluding hydrogens is 206 g/mol. The smallest absolute Gasteiger partial charge is 0.227 e. The van der Waals surface area contributed by atoms with E-state index in [9.17, 15) is 9.59 Å². The summed E-state index contributed by atoms with van der Waals surface area (Å²) in [6.45, 7) is 2.47. The number of nitrogens with one attached hydrogen (secondary N) is 1. The first kappa shape index (κ1) is 13.2. The molecule has 1 fully saturated rings. The molecule has 1 saturated carbocycles. The van der Waals surface area contributed by atoms with Gasteiger partial charge in [-0.05, 0) is 19.8 Å². The molecule has 0 aromatic carbocycles. The molecule has 0 aromatic heterocycles. The minimum atomic E-state index is -0.209. The zero-order valence-corrected chi connectivity index (χ0v) is 9.96. The van der Waals surface area contributed by atoms with E-state index in [2.05, 4.69) is 5.32 Å². The van der Waals surface area contributed by atoms with Gasteiger partial charge in [0.2, 0.25) is 5.91 Å². The van der Waals surface area contributed by atoms with E-state index in [0.29, 0.717) is 19.3 Å². The van der Waals surface area contributed by atoms with E-state index in [1.54, 1.807) is 0 Å². The zero-order valence-electron chi connectivity index (χ0n) is 9.96. The summed E-state index contributed by atoms with van der Waals surface area (Å²) in [7, 11) is 0. The van der Waals surface area contributed by atoms with Gasteiger partial charge in [-0.2, -0.15) is 0 Å². The lowest BCUT2D eigenvalue weighted by Crippen LogP contribution is -2.30. The molecule has 0 spiro atoms. The Morgan fingerprint density at radius 1 is 1.25 bits per heavy atom. The first-order valence-corrected chi connectivity index (χ1v) is 6.06. The molecule has 4 nitrogen and oxygen atoms in total. The molecule has 0 heterocycles. The molecular formula is C12H21NO3. The molecule has 92 valence electrons. The molecule has 1 N–H and O–H groups in total. The number of hydrogen-bond acceptors (Lipinski definition) is 3. The Kier molecular flexibility index (Phi) is 6.08. The fraction of sp³-hybridized carbons (Fsp3) is 0.833. The standard InChI is InChI=1S/C12H21NO3/c1-10(14)9-12(15)13-7-8-16-11-5-3-2-4-6-11/h11H,2-9H2,1H3,(H,13,15). The van der Waals surface area contributed by atoms with Gasteiger partial charge in [-0.25, -0.2) is 0 Å². The molecule has 16 heavy (non-hydrogen) atoms. The van der Waals surface area contributed by atoms with E-state index < -0.39 is 0 Å². The van der Waals surface area contributed by atoms with Crippen molar-refractivity contribution in [1.29, 1.82) is 0 Å². The Morgan fingerprint density at radius 3 is 2.56 bits per heavy atom. The summed E-state index contributed by atoms with van der Waals surface area (Å²) in [5, 5.41) is 2.67. The van der Waals surface area contributed by atoms with Crippen molar-refractivity contribution in [1.82, 2.24) is 5.32 Å². The fourth-order valence-electron chi connectivity index (χ4n) is 1.94. The number of Topliss-reactive ketones (excluding diaryl/α,β-unsaturated/α-hetero) is 1. The highest BCUT2D eigenvalue weighted by Crippen LogP contribution is 2.19. The summed E-state index contributed by atoms with van der Waals surface area (Å²) in [6, 6.07) is 0. The number of carbonyl (C=O) groups excluding carboxylic acids is 2. The summed E-state index contributed by atoms with van der Waals surface area (Å²) >= 11 is 0. The van der Waals surface area contributed by atoms with Crippen molar-refractivity contribution in [2.45, 2.75) is 51.6 Å². The number of ketones is 1. The van der Waals surface area contributed by atoms with Crippen LogP contribution in [-0.4, -0.2) is 30.9 Å². The van der Waals surface area contributed by atoms with Gasteiger partial charge in [0.1, 0.15) is 5.78 Å². The number of rotatable bonds is 6. The highest BCUT2D eigenvalue weighted by atomic mass is 16.5. The summed E-state index contributed by atoms with van der Waals surface area (Å²) in [4.78, 5) is 21.8. The first-order chi connectivity index (χ1) is 7.68. The Labute approximate surface area is 96.7 Å². The lowest BCUT2D eigenvalue weighted by Gasteiger charge is -2.21. The van der Waals surface area contributed by atoms with Crippen LogP contribution in [0.5, 0.6) is 0 Å². The second-order valence-corrected chi connectivity index (χ2v) is 4.36. The van der Waals surface area contributed by atoms with Crippen LogP contribution in [0, 0.1) is 0 Å². The van der Waals surface area contributed by atoms with Crippen LogP contribution in [0.4, 0.5) is 0 Å². The average Bonchev–Trinajstić information content (AvgIpc) is 2.25. The highest BCUT2D eigenvalue weighted by molar-refractivity contribution is 5.96. The van der Waals surface area contributed by atoms with Gasteiger partial charge < -0.3 is 10.1 Å². The van der Waals surface area contributed by atoms with Crippen LogP contribution in [-0.2, 0) is 14.3 Å². The van der Waals surface area contributed by atoms with Crippen LogP contribution in [0.2, 0.25) is 0 Å². The molecule has 0 aliphatic heterocycles. The van der Waals surface area contributed by atoms with Crippen molar-refractivity contribution in [2.75, 3.05) is 13.2 Å². The highest BCUT2D eigenvalue weighted by Gasteiger charge is 2.13. The molecule has 0 atom stereocenters. The Balaban J connectivity index is 1.98. The summed E-state index contributed by atoms with van der Waals surface area (Å²) in [5.41, 5.74) is 0. The monoisotopic (exact) mass is 227 g/mol. The maximum absolute atomic E-state index is 11.1. The normalized spacial score (nSPS) is 17.1. The maximum atomic E-state index is 11.1. The molecule has 0 bridgehead atoms. The van der Waals surface area contributed by atoms with Crippen LogP contribution in [0.1, 0.15) is 45.4 Å². The number of hydrogen-bond donors (Lipinski definition) is 1. The third-order valence-electron chi connectivity index (χ3n) is 2.74. The molecule has 0 aromatic rings. The molecule has 1 aliphatic rings. The van der Waals surface area contributed by atoms with Crippen molar-refractivity contribution >= 4 is 11.7 Å². The van der Waals surface area contributed by atoms with E-state index in [1.165, 1.54) is 26.2 Å². The quantitative estimate of drug-likeness (QED) is 0.551. The van der Waals surface area contributed by atoms with Crippen molar-refractivity contribution in [2.24, 2.45) is 0 Å². The van der Waals surface area contributed by atoms with E-state index in [0.717, 1.165) is 12.8 Å². The Bertz CT molecular complexity index is 234. The van der Waals surface area contributed by atoms with Gasteiger partial charge in [-0.3, -0.25) is 9.59 Å². The molecule has 1 aliphatic carbocycles. The summed E-state index contributed by atoms with van der Waals surface area (Å²) in [5.74, 6) is -0.314. The molecule has 1 rings (SSSR count). The van der Waals surface area contributed by atoms with Crippen LogP contribution < -0.4 is 5.32 Å². The number of amides is 1. The fourth-order valence-corrected chi connectivity index (χ4v) is 1.94. The molecule has 0 unspecified atom stereocenters. The van der Waals surface area contributed by atoms with Gasteiger partial charge in [-0.15, -0.1) is 0 Å². The van der Waals surface area contributed by atoms with Gasteiger partial charge in [0, 0.05) is 6.54 Å². The second kappa shape index (κ2) is 7.39. The van der Waals surface area contributed by atoms with Gasteiger partial charge in [-0.1, -0.05) is 19.3 Å². The van der Waals surface area contributed by atoms with Crippen LogP contribution in [0.3, 0.4) is 0 Å². The minimum absolute atomic E-state index is 0.0244. The Hall–Kier alpha value is -0.900. The van der Waals surface area contributed by atoms with Crippen LogP contribution in [0.25, 0.3) is 0 Å². The van der Waals surface area contributed by atoms with Crippen LogP contribution >= 0.6 is 0 Å². The molecule has 4 heteroatoms. The third-order valence-corrected chi connectivity index (χ3v) is 2.74. The second-order valence-electron chi connectivity index (χ2n) is 4.36. The van der Waals surface area contributed by atoms with Gasteiger partial charge >= 0.3 is 0 Å². The maximum Gasteiger partial charge on any atom is 0.227 e. The number of carbonyl (C=O) groups is 2. The van der Waals surface area contributed by atoms with Crippen molar-refractivity contribution in [3.63, 3.8) is 0 Å². The van der Waals surface area contributed by atoms with E-state index in [4.69, 9.17) is 4.74 Å². The SMILES string of the molecule is CC(=O)CC(=O)NCCOC1CCCCC1. The molecule has 1 amide bonds. The third kappa shape index (κ3) is 5.85. The summed E-state index contributed by atoms with van der Waals surface area (Å²) in [6.07, 6.45) is 6.45. The van der Waals surface area contributed by atoms with Crippen molar-refractivity contribution in [3.8, 4) is 0 Å². The zero-order chi connectivity index (χ0) is 11.8. The predicted molar refractivity (Wildman–Crippen MR) is 61.1 cm³/mol. The lowest BCUT2D eigenvalue weighted by molar-refractivity contribution is -0.127. The molecule has 0 radical (unpaired) electrons. The van der Waals surface area contributed by atoms with Gasteiger partial charge in [0.15, 0.2) is 0 Å². The Morgan fingerprint density at radius 2 is 1.94 bits per heavy atom. The van der Waals surface area contributed by atoms with E-state index in [1.807, 2.05) is 0 Å². The topological polar surface area (TPSA) is 55.4 Å². The van der Waals surface area contributed by atoms with Crippen molar-refractivity contribution in [3.05, 3.63) is 0 Å². The predicted octanol–water partition coefficient (Wildman–Crippen LogP) is 1.43. The lowest BCUT2D eigenvalue weighted by atomic mass is 9.98. The molecule has 0 saturated heterocycles. The van der Waals surface area contributed by atoms with Gasteiger partial charge in [0.25, 0.3) is 0 Å². The van der Waals surface area contributed by atoms with Crippen molar-refractivity contribution < 1.29 is 14.3 Å². The first-order valence-electron chi connectivity index (χ1n) is 6.06. The van der Waals surface area contributed by atoms with Gasteiger partial charge in [0.05, 0.1) is 19.1 Å². The minimum Gasteiger partial charge on any atom is -0.376 e. The average molecular weight is 227 g/mol. The largest absolute Gasteiger partial charge is 0.376 e.